The molecule has 7 heteroatoms. The lowest BCUT2D eigenvalue weighted by atomic mass is 10.1. The molecule has 0 aliphatic carbocycles. The van der Waals surface area contributed by atoms with E-state index in [0.717, 1.165) is 18.8 Å². The molecular weight excluding hydrogens is 348 g/mol. The van der Waals surface area contributed by atoms with Crippen molar-refractivity contribution in [1.82, 2.24) is 4.90 Å². The van der Waals surface area contributed by atoms with Gasteiger partial charge in [0.15, 0.2) is 23.0 Å². The Bertz CT molecular complexity index is 846. The molecule has 1 amide bonds. The second kappa shape index (κ2) is 7.26. The van der Waals surface area contributed by atoms with Crippen molar-refractivity contribution in [3.8, 4) is 23.0 Å². The Morgan fingerprint density at radius 3 is 2.37 bits per heavy atom. The molecule has 0 N–H and O–H groups in total. The Balaban J connectivity index is 1.42. The molecule has 27 heavy (non-hydrogen) atoms. The first-order valence-electron chi connectivity index (χ1n) is 8.85. The van der Waals surface area contributed by atoms with Crippen LogP contribution < -0.4 is 23.8 Å². The van der Waals surface area contributed by atoms with Crippen LogP contribution in [0.2, 0.25) is 0 Å². The van der Waals surface area contributed by atoms with E-state index in [2.05, 4.69) is 4.90 Å². The molecule has 2 aromatic carbocycles. The van der Waals surface area contributed by atoms with Gasteiger partial charge >= 0.3 is 0 Å². The molecule has 1 fully saturated rings. The van der Waals surface area contributed by atoms with Gasteiger partial charge in [0, 0.05) is 43.5 Å². The SMILES string of the molecule is COc1ccc(N2CCN(C(=O)c3ccc4c(c3)OCO4)CC2)cc1OC. The lowest BCUT2D eigenvalue weighted by molar-refractivity contribution is 0.0746. The first-order chi connectivity index (χ1) is 13.2. The van der Waals surface area contributed by atoms with Crippen LogP contribution in [0.4, 0.5) is 5.69 Å². The van der Waals surface area contributed by atoms with Gasteiger partial charge in [-0.05, 0) is 30.3 Å². The van der Waals surface area contributed by atoms with E-state index in [1.54, 1.807) is 32.4 Å². The molecule has 2 aliphatic heterocycles. The van der Waals surface area contributed by atoms with Crippen LogP contribution in [0.15, 0.2) is 36.4 Å². The normalized spacial score (nSPS) is 15.6. The molecule has 1 saturated heterocycles. The maximum absolute atomic E-state index is 12.8. The summed E-state index contributed by atoms with van der Waals surface area (Å²) in [5.41, 5.74) is 1.68. The van der Waals surface area contributed by atoms with E-state index in [0.29, 0.717) is 41.7 Å². The Morgan fingerprint density at radius 2 is 1.63 bits per heavy atom. The van der Waals surface area contributed by atoms with Crippen molar-refractivity contribution in [3.63, 3.8) is 0 Å². The molecule has 0 radical (unpaired) electrons. The summed E-state index contributed by atoms with van der Waals surface area (Å²) in [6, 6.07) is 11.2. The minimum absolute atomic E-state index is 0.0141. The van der Waals surface area contributed by atoms with Gasteiger partial charge in [-0.2, -0.15) is 0 Å². The number of nitrogens with zero attached hydrogens (tertiary/aromatic N) is 2. The minimum atomic E-state index is 0.0141. The number of rotatable bonds is 4. The molecule has 2 aliphatic rings. The van der Waals surface area contributed by atoms with Gasteiger partial charge < -0.3 is 28.7 Å². The molecule has 0 unspecified atom stereocenters. The third-order valence-corrected chi connectivity index (χ3v) is 4.92. The largest absolute Gasteiger partial charge is 0.493 e. The number of amides is 1. The summed E-state index contributed by atoms with van der Waals surface area (Å²) in [4.78, 5) is 16.9. The lowest BCUT2D eigenvalue weighted by Crippen LogP contribution is -2.48. The maximum atomic E-state index is 12.8. The first kappa shape index (κ1) is 17.3. The molecule has 7 nitrogen and oxygen atoms in total. The molecule has 0 atom stereocenters. The molecule has 142 valence electrons. The van der Waals surface area contributed by atoms with Gasteiger partial charge in [0.2, 0.25) is 6.79 Å². The van der Waals surface area contributed by atoms with Gasteiger partial charge in [0.1, 0.15) is 0 Å². The van der Waals surface area contributed by atoms with Crippen LogP contribution in [-0.2, 0) is 0 Å². The van der Waals surface area contributed by atoms with Crippen molar-refractivity contribution in [1.29, 1.82) is 0 Å². The van der Waals surface area contributed by atoms with Gasteiger partial charge in [-0.25, -0.2) is 0 Å². The van der Waals surface area contributed by atoms with Crippen LogP contribution in [-0.4, -0.2) is 58.0 Å². The zero-order chi connectivity index (χ0) is 18.8. The average Bonchev–Trinajstić information content (AvgIpc) is 3.20. The number of ether oxygens (including phenoxy) is 4. The average molecular weight is 370 g/mol. The fourth-order valence-corrected chi connectivity index (χ4v) is 3.40. The molecular formula is C20H22N2O5. The van der Waals surface area contributed by atoms with E-state index in [1.807, 2.05) is 23.1 Å². The molecule has 0 bridgehead atoms. The van der Waals surface area contributed by atoms with E-state index in [9.17, 15) is 4.79 Å². The lowest BCUT2D eigenvalue weighted by Gasteiger charge is -2.36. The zero-order valence-corrected chi connectivity index (χ0v) is 15.4. The third-order valence-electron chi connectivity index (χ3n) is 4.92. The van der Waals surface area contributed by atoms with Crippen LogP contribution in [0.3, 0.4) is 0 Å². The van der Waals surface area contributed by atoms with Crippen LogP contribution in [0, 0.1) is 0 Å². The number of hydrogen-bond acceptors (Lipinski definition) is 6. The summed E-state index contributed by atoms with van der Waals surface area (Å²) in [6.07, 6.45) is 0. The fourth-order valence-electron chi connectivity index (χ4n) is 3.40. The number of piperazine rings is 1. The Labute approximate surface area is 158 Å². The Morgan fingerprint density at radius 1 is 0.889 bits per heavy atom. The minimum Gasteiger partial charge on any atom is -0.493 e. The quantitative estimate of drug-likeness (QED) is 0.824. The van der Waals surface area contributed by atoms with E-state index in [4.69, 9.17) is 18.9 Å². The highest BCUT2D eigenvalue weighted by Crippen LogP contribution is 2.34. The smallest absolute Gasteiger partial charge is 0.254 e. The van der Waals surface area contributed by atoms with E-state index >= 15 is 0 Å². The number of fused-ring (bicyclic) bond motifs is 1. The Hall–Kier alpha value is -3.09. The molecule has 2 heterocycles. The van der Waals surface area contributed by atoms with Crippen LogP contribution >= 0.6 is 0 Å². The predicted octanol–water partition coefficient (Wildman–Crippen LogP) is 2.39. The van der Waals surface area contributed by atoms with Gasteiger partial charge in [-0.15, -0.1) is 0 Å². The highest BCUT2D eigenvalue weighted by atomic mass is 16.7. The van der Waals surface area contributed by atoms with Crippen molar-refractivity contribution in [2.24, 2.45) is 0 Å². The van der Waals surface area contributed by atoms with Crippen molar-refractivity contribution in [2.45, 2.75) is 0 Å². The van der Waals surface area contributed by atoms with Crippen molar-refractivity contribution in [2.75, 3.05) is 52.1 Å². The van der Waals surface area contributed by atoms with Crippen molar-refractivity contribution >= 4 is 11.6 Å². The standard InChI is InChI=1S/C20H22N2O5/c1-24-16-6-4-15(12-18(16)25-2)21-7-9-22(10-8-21)20(23)14-3-5-17-19(11-14)27-13-26-17/h3-6,11-12H,7-10,13H2,1-2H3. The maximum Gasteiger partial charge on any atom is 0.254 e. The van der Waals surface area contributed by atoms with E-state index < -0.39 is 0 Å². The van der Waals surface area contributed by atoms with Crippen molar-refractivity contribution < 1.29 is 23.7 Å². The summed E-state index contributed by atoms with van der Waals surface area (Å²) in [5.74, 6) is 2.74. The highest BCUT2D eigenvalue weighted by molar-refractivity contribution is 5.95. The van der Waals surface area contributed by atoms with Crippen LogP contribution in [0.5, 0.6) is 23.0 Å². The highest BCUT2D eigenvalue weighted by Gasteiger charge is 2.24. The van der Waals surface area contributed by atoms with Crippen molar-refractivity contribution in [3.05, 3.63) is 42.0 Å². The second-order valence-electron chi connectivity index (χ2n) is 6.39. The van der Waals surface area contributed by atoms with Gasteiger partial charge in [0.25, 0.3) is 5.91 Å². The van der Waals surface area contributed by atoms with E-state index in [-0.39, 0.29) is 12.7 Å². The predicted molar refractivity (Wildman–Crippen MR) is 100 cm³/mol. The number of hydrogen-bond donors (Lipinski definition) is 0. The summed E-state index contributed by atoms with van der Waals surface area (Å²) in [7, 11) is 3.25. The summed E-state index contributed by atoms with van der Waals surface area (Å²) >= 11 is 0. The molecule has 0 aromatic heterocycles. The van der Waals surface area contributed by atoms with Crippen LogP contribution in [0.25, 0.3) is 0 Å². The molecule has 0 saturated carbocycles. The summed E-state index contributed by atoms with van der Waals surface area (Å²) in [6.45, 7) is 3.03. The number of benzene rings is 2. The number of carbonyl (C=O) groups excluding carboxylic acids is 1. The summed E-state index contributed by atoms with van der Waals surface area (Å²) < 4.78 is 21.3. The first-order valence-corrected chi connectivity index (χ1v) is 8.85. The Kier molecular flexibility index (Phi) is 4.66. The number of anilines is 1. The fraction of sp³-hybridized carbons (Fsp3) is 0.350. The summed E-state index contributed by atoms with van der Waals surface area (Å²) in [5, 5.41) is 0. The van der Waals surface area contributed by atoms with Gasteiger partial charge in [-0.3, -0.25) is 4.79 Å². The second-order valence-corrected chi connectivity index (χ2v) is 6.39. The van der Waals surface area contributed by atoms with E-state index in [1.165, 1.54) is 0 Å². The van der Waals surface area contributed by atoms with Gasteiger partial charge in [-0.1, -0.05) is 0 Å². The number of carbonyl (C=O) groups is 1. The van der Waals surface area contributed by atoms with Crippen LogP contribution in [0.1, 0.15) is 10.4 Å². The van der Waals surface area contributed by atoms with Gasteiger partial charge in [0.05, 0.1) is 14.2 Å². The topological polar surface area (TPSA) is 60.5 Å². The third kappa shape index (κ3) is 3.32. The molecule has 4 rings (SSSR count). The zero-order valence-electron chi connectivity index (χ0n) is 15.4. The molecule has 0 spiro atoms. The monoisotopic (exact) mass is 370 g/mol. The molecule has 2 aromatic rings. The number of methoxy groups -OCH3 is 2.